The molecule has 2 aliphatic rings. The van der Waals surface area contributed by atoms with Gasteiger partial charge in [0.2, 0.25) is 11.6 Å². The normalized spacial score (nSPS) is 20.0. The minimum absolute atomic E-state index is 0.0702. The number of rotatable bonds is 2. The summed E-state index contributed by atoms with van der Waals surface area (Å²) in [4.78, 5) is 25.2. The third-order valence-corrected chi connectivity index (χ3v) is 1.69. The van der Waals surface area contributed by atoms with Crippen molar-refractivity contribution in [2.75, 3.05) is 13.1 Å². The Labute approximate surface area is 77.1 Å². The second-order valence-corrected chi connectivity index (χ2v) is 2.50. The fraction of sp³-hybridized carbons (Fsp3) is 0.500. The van der Waals surface area contributed by atoms with Crippen LogP contribution in [0.5, 0.6) is 0 Å². The molecule has 2 N–H and O–H groups in total. The van der Waals surface area contributed by atoms with E-state index in [0.29, 0.717) is 23.4 Å². The third-order valence-electron chi connectivity index (χ3n) is 1.69. The van der Waals surface area contributed by atoms with Gasteiger partial charge in [-0.25, -0.2) is 10.1 Å². The number of hydroxylamine groups is 2. The van der Waals surface area contributed by atoms with Crippen LogP contribution in [-0.2, 0) is 4.94 Å². The molecular weight excluding hydrogens is 196 g/mol. The monoisotopic (exact) mass is 202 g/mol. The van der Waals surface area contributed by atoms with E-state index in [1.54, 1.807) is 0 Å². The maximum absolute atomic E-state index is 10.5. The Balaban J connectivity index is 2.30. The number of nitrogens with zero attached hydrogens (tertiary/aromatic N) is 4. The van der Waals surface area contributed by atoms with E-state index >= 15 is 0 Å². The van der Waals surface area contributed by atoms with Crippen molar-refractivity contribution in [3.63, 3.8) is 0 Å². The highest BCUT2D eigenvalue weighted by molar-refractivity contribution is 5.10. The Bertz CT molecular complexity index is 315. The molecule has 0 unspecified atom stereocenters. The molecule has 0 radical (unpaired) electrons. The summed E-state index contributed by atoms with van der Waals surface area (Å²) in [6.07, 6.45) is 0. The van der Waals surface area contributed by atoms with E-state index in [1.807, 2.05) is 0 Å². The molecule has 2 heterocycles. The van der Waals surface area contributed by atoms with Gasteiger partial charge in [-0.1, -0.05) is 10.1 Å². The van der Waals surface area contributed by atoms with E-state index in [-0.39, 0.29) is 11.6 Å². The van der Waals surface area contributed by atoms with Crippen LogP contribution < -0.4 is 10.6 Å². The average Bonchev–Trinajstić information content (AvgIpc) is 2.56. The fourth-order valence-electron chi connectivity index (χ4n) is 1.17. The first kappa shape index (κ1) is 8.50. The smallest absolute Gasteiger partial charge is 0.249 e. The van der Waals surface area contributed by atoms with Crippen LogP contribution in [0.2, 0.25) is 0 Å². The Morgan fingerprint density at radius 2 is 2.07 bits per heavy atom. The van der Waals surface area contributed by atoms with Gasteiger partial charge in [0.05, 0.1) is 10.5 Å². The fourth-order valence-corrected chi connectivity index (χ4v) is 1.17. The Kier molecular flexibility index (Phi) is 1.81. The van der Waals surface area contributed by atoms with Crippen molar-refractivity contribution in [2.45, 2.75) is 0 Å². The molecule has 0 saturated heterocycles. The van der Waals surface area contributed by atoms with Crippen LogP contribution in [0.3, 0.4) is 0 Å². The summed E-state index contributed by atoms with van der Waals surface area (Å²) in [7, 11) is 0. The lowest BCUT2D eigenvalue weighted by atomic mass is 10.4. The molecule has 0 bridgehead atoms. The maximum Gasteiger partial charge on any atom is 0.249 e. The summed E-state index contributed by atoms with van der Waals surface area (Å²) in [6, 6.07) is 0. The summed E-state index contributed by atoms with van der Waals surface area (Å²) < 4.78 is 0. The summed E-state index contributed by atoms with van der Waals surface area (Å²) in [5, 5.41) is 18.4. The summed E-state index contributed by atoms with van der Waals surface area (Å²) in [5.74, 6) is 0.212. The van der Waals surface area contributed by atoms with Gasteiger partial charge in [-0.2, -0.15) is 0 Å². The minimum Gasteiger partial charge on any atom is -0.363 e. The summed E-state index contributed by atoms with van der Waals surface area (Å²) in [6.45, 7) is 1.03. The molecule has 0 aliphatic carbocycles. The van der Waals surface area contributed by atoms with Gasteiger partial charge in [0.25, 0.3) is 0 Å². The Hall–Kier alpha value is -2.10. The molecule has 10 nitrogen and oxygen atoms in total. The molecule has 14 heavy (non-hydrogen) atoms. The van der Waals surface area contributed by atoms with Crippen LogP contribution in [0.1, 0.15) is 0 Å². The van der Waals surface area contributed by atoms with Gasteiger partial charge in [0, 0.05) is 13.1 Å². The van der Waals surface area contributed by atoms with Crippen LogP contribution in [0.25, 0.3) is 0 Å². The van der Waals surface area contributed by atoms with Gasteiger partial charge in [0.1, 0.15) is 0 Å². The second-order valence-electron chi connectivity index (χ2n) is 2.50. The van der Waals surface area contributed by atoms with E-state index in [9.17, 15) is 15.0 Å². The lowest BCUT2D eigenvalue weighted by Crippen LogP contribution is -2.40. The van der Waals surface area contributed by atoms with Gasteiger partial charge in [-0.15, -0.1) is 4.91 Å². The van der Waals surface area contributed by atoms with Crippen molar-refractivity contribution < 1.29 is 9.97 Å². The van der Waals surface area contributed by atoms with E-state index < -0.39 is 5.03 Å². The van der Waals surface area contributed by atoms with E-state index in [0.717, 1.165) is 0 Å². The zero-order chi connectivity index (χ0) is 10.1. The van der Waals surface area contributed by atoms with Crippen molar-refractivity contribution in [1.82, 2.24) is 21.0 Å². The first-order valence-corrected chi connectivity index (χ1v) is 3.72. The first-order valence-electron chi connectivity index (χ1n) is 3.72. The van der Waals surface area contributed by atoms with Crippen molar-refractivity contribution in [1.29, 1.82) is 0 Å². The average molecular weight is 202 g/mol. The summed E-state index contributed by atoms with van der Waals surface area (Å²) in [5.41, 5.74) is 0. The van der Waals surface area contributed by atoms with E-state index in [4.69, 9.17) is 0 Å². The molecule has 0 amide bonds. The van der Waals surface area contributed by atoms with Crippen molar-refractivity contribution in [2.24, 2.45) is 5.29 Å². The highest BCUT2D eigenvalue weighted by atomic mass is 17.0. The van der Waals surface area contributed by atoms with Gasteiger partial charge in [-0.05, 0) is 0 Å². The van der Waals surface area contributed by atoms with Crippen LogP contribution in [0, 0.1) is 15.0 Å². The number of nitrogens with one attached hydrogen (secondary N) is 2. The quantitative estimate of drug-likeness (QED) is 0.321. The van der Waals surface area contributed by atoms with Crippen molar-refractivity contribution >= 4 is 0 Å². The van der Waals surface area contributed by atoms with Crippen molar-refractivity contribution in [3.8, 4) is 0 Å². The molecule has 10 heteroatoms. The standard InChI is InChI=1S/C4H6N6O4/c11-7-8-3-4(6-2-1-5-3)9(14-8)10(12)13/h5-6H,1-2H2. The molecular formula is C4H6N6O4. The molecule has 0 spiro atoms. The van der Waals surface area contributed by atoms with Gasteiger partial charge in [0.15, 0.2) is 5.03 Å². The van der Waals surface area contributed by atoms with Crippen molar-refractivity contribution in [3.05, 3.63) is 26.7 Å². The predicted octanol–water partition coefficient (Wildman–Crippen LogP) is -1.36. The molecule has 2 rings (SSSR count). The largest absolute Gasteiger partial charge is 0.363 e. The zero-order valence-electron chi connectivity index (χ0n) is 6.84. The van der Waals surface area contributed by atoms with Crippen LogP contribution >= 0.6 is 0 Å². The molecule has 76 valence electrons. The maximum atomic E-state index is 10.5. The molecule has 0 atom stereocenters. The second kappa shape index (κ2) is 2.99. The minimum atomic E-state index is -0.805. The molecule has 0 aromatic rings. The van der Waals surface area contributed by atoms with Crippen LogP contribution in [-0.4, -0.2) is 28.5 Å². The summed E-state index contributed by atoms with van der Waals surface area (Å²) >= 11 is 0. The highest BCUT2D eigenvalue weighted by Gasteiger charge is 2.41. The lowest BCUT2D eigenvalue weighted by molar-refractivity contribution is -0.736. The number of hydrogen-bond acceptors (Lipinski definition) is 7. The molecule has 0 aromatic carbocycles. The lowest BCUT2D eigenvalue weighted by Gasteiger charge is -2.15. The topological polar surface area (TPSA) is 112 Å². The number of hydrogen-bond donors (Lipinski definition) is 2. The van der Waals surface area contributed by atoms with Gasteiger partial charge in [-0.3, -0.25) is 0 Å². The SMILES string of the molecule is O=NN1ON([N+](=O)[O-])C2=C1NCCN2. The molecule has 0 saturated carbocycles. The zero-order valence-corrected chi connectivity index (χ0v) is 6.84. The van der Waals surface area contributed by atoms with Gasteiger partial charge >= 0.3 is 0 Å². The van der Waals surface area contributed by atoms with Gasteiger partial charge < -0.3 is 10.6 Å². The number of nitro groups is 1. The molecule has 0 fully saturated rings. The number of hydrazine groups is 1. The highest BCUT2D eigenvalue weighted by Crippen LogP contribution is 2.22. The number of nitroso groups, excluding NO2 is 1. The third kappa shape index (κ3) is 1.08. The Morgan fingerprint density at radius 3 is 2.64 bits per heavy atom. The molecule has 0 aromatic heterocycles. The molecule has 2 aliphatic heterocycles. The van der Waals surface area contributed by atoms with Crippen LogP contribution in [0.15, 0.2) is 16.9 Å². The first-order chi connectivity index (χ1) is 6.74. The van der Waals surface area contributed by atoms with E-state index in [1.165, 1.54) is 0 Å². The van der Waals surface area contributed by atoms with Crippen LogP contribution in [0.4, 0.5) is 0 Å². The predicted molar refractivity (Wildman–Crippen MR) is 40.6 cm³/mol. The van der Waals surface area contributed by atoms with E-state index in [2.05, 4.69) is 20.9 Å². The Morgan fingerprint density at radius 1 is 1.43 bits per heavy atom.